The lowest BCUT2D eigenvalue weighted by Gasteiger charge is -2.32. The zero-order valence-electron chi connectivity index (χ0n) is 14.1. The first-order valence-corrected chi connectivity index (χ1v) is 7.73. The third-order valence-corrected chi connectivity index (χ3v) is 4.23. The molecule has 110 valence electrons. The van der Waals surface area contributed by atoms with Gasteiger partial charge in [-0.15, -0.1) is 0 Å². The highest BCUT2D eigenvalue weighted by molar-refractivity contribution is 5.37. The Morgan fingerprint density at radius 3 is 2.40 bits per heavy atom. The first-order chi connectivity index (χ1) is 9.36. The van der Waals surface area contributed by atoms with Gasteiger partial charge in [0.05, 0.1) is 0 Å². The number of allylic oxidation sites excluding steroid dienone is 10. The molecule has 0 fully saturated rings. The lowest BCUT2D eigenvalue weighted by molar-refractivity contribution is 0.377. The van der Waals surface area contributed by atoms with Gasteiger partial charge < -0.3 is 0 Å². The molecular weight excluding hydrogens is 240 g/mol. The van der Waals surface area contributed by atoms with Crippen LogP contribution in [0.3, 0.4) is 0 Å². The fourth-order valence-corrected chi connectivity index (χ4v) is 2.73. The summed E-state index contributed by atoms with van der Waals surface area (Å²) < 4.78 is 0. The molecule has 20 heavy (non-hydrogen) atoms. The molecule has 0 amide bonds. The molecule has 0 spiro atoms. The van der Waals surface area contributed by atoms with Crippen LogP contribution in [0.25, 0.3) is 0 Å². The molecule has 0 nitrogen and oxygen atoms in total. The summed E-state index contributed by atoms with van der Waals surface area (Å²) in [5.41, 5.74) is 6.02. The average Bonchev–Trinajstić information content (AvgIpc) is 2.37. The van der Waals surface area contributed by atoms with E-state index < -0.39 is 0 Å². The lowest BCUT2D eigenvalue weighted by atomic mass is 9.72. The van der Waals surface area contributed by atoms with Crippen molar-refractivity contribution >= 4 is 0 Å². The van der Waals surface area contributed by atoms with Crippen molar-refractivity contribution in [3.8, 4) is 0 Å². The van der Waals surface area contributed by atoms with E-state index in [2.05, 4.69) is 78.0 Å². The van der Waals surface area contributed by atoms with Crippen LogP contribution in [0.5, 0.6) is 0 Å². The fourth-order valence-electron chi connectivity index (χ4n) is 2.73. The maximum absolute atomic E-state index is 2.36. The molecule has 1 aliphatic carbocycles. The predicted molar refractivity (Wildman–Crippen MR) is 91.8 cm³/mol. The van der Waals surface area contributed by atoms with Gasteiger partial charge in [-0.25, -0.2) is 0 Å². The quantitative estimate of drug-likeness (QED) is 0.509. The van der Waals surface area contributed by atoms with E-state index in [-0.39, 0.29) is 0 Å². The molecule has 0 saturated heterocycles. The van der Waals surface area contributed by atoms with Gasteiger partial charge >= 0.3 is 0 Å². The topological polar surface area (TPSA) is 0 Å². The van der Waals surface area contributed by atoms with Crippen LogP contribution in [-0.2, 0) is 0 Å². The van der Waals surface area contributed by atoms with Crippen LogP contribution in [0, 0.1) is 5.41 Å². The summed E-state index contributed by atoms with van der Waals surface area (Å²) in [5.74, 6) is 0. The molecule has 0 N–H and O–H groups in total. The number of hydrogen-bond acceptors (Lipinski definition) is 0. The molecule has 0 bridgehead atoms. The molecule has 1 rings (SSSR count). The SMILES string of the molecule is C\C=C(C)/C=C/C=C(C)\C=C\C1=C(C)CCCC1(C)C. The molecule has 0 aromatic carbocycles. The van der Waals surface area contributed by atoms with Crippen LogP contribution in [0.15, 0.2) is 58.7 Å². The van der Waals surface area contributed by atoms with Crippen LogP contribution in [0.4, 0.5) is 0 Å². The highest BCUT2D eigenvalue weighted by Crippen LogP contribution is 2.40. The Hall–Kier alpha value is -1.30. The molecule has 0 atom stereocenters. The second-order valence-electron chi connectivity index (χ2n) is 6.57. The van der Waals surface area contributed by atoms with Crippen LogP contribution in [-0.4, -0.2) is 0 Å². The van der Waals surface area contributed by atoms with E-state index in [0.29, 0.717) is 5.41 Å². The van der Waals surface area contributed by atoms with Gasteiger partial charge in [-0.2, -0.15) is 0 Å². The molecule has 0 heteroatoms. The zero-order valence-corrected chi connectivity index (χ0v) is 14.1. The molecule has 0 aliphatic heterocycles. The summed E-state index contributed by atoms with van der Waals surface area (Å²) >= 11 is 0. The van der Waals surface area contributed by atoms with Gasteiger partial charge in [0.2, 0.25) is 0 Å². The third-order valence-electron chi connectivity index (χ3n) is 4.23. The Morgan fingerprint density at radius 2 is 1.80 bits per heavy atom. The Labute approximate surface area is 125 Å². The molecule has 0 saturated carbocycles. The van der Waals surface area contributed by atoms with Gasteiger partial charge in [-0.1, -0.05) is 67.0 Å². The summed E-state index contributed by atoms with van der Waals surface area (Å²) in [6.45, 7) is 13.4. The highest BCUT2D eigenvalue weighted by atomic mass is 14.3. The first kappa shape index (κ1) is 16.8. The second kappa shape index (κ2) is 7.47. The van der Waals surface area contributed by atoms with Crippen molar-refractivity contribution in [2.45, 2.75) is 60.8 Å². The predicted octanol–water partition coefficient (Wildman–Crippen LogP) is 6.54. The summed E-state index contributed by atoms with van der Waals surface area (Å²) in [4.78, 5) is 0. The average molecular weight is 270 g/mol. The van der Waals surface area contributed by atoms with Crippen LogP contribution < -0.4 is 0 Å². The van der Waals surface area contributed by atoms with Gasteiger partial charge in [0.15, 0.2) is 0 Å². The van der Waals surface area contributed by atoms with Crippen molar-refractivity contribution in [2.24, 2.45) is 5.41 Å². The minimum Gasteiger partial charge on any atom is -0.0847 e. The van der Waals surface area contributed by atoms with E-state index in [1.54, 1.807) is 5.57 Å². The van der Waals surface area contributed by atoms with Crippen molar-refractivity contribution in [1.29, 1.82) is 0 Å². The summed E-state index contributed by atoms with van der Waals surface area (Å²) in [6.07, 6.45) is 17.0. The minimum atomic E-state index is 0.330. The van der Waals surface area contributed by atoms with Crippen molar-refractivity contribution in [3.63, 3.8) is 0 Å². The monoisotopic (exact) mass is 270 g/mol. The maximum Gasteiger partial charge on any atom is -0.0104 e. The third kappa shape index (κ3) is 5.00. The summed E-state index contributed by atoms with van der Waals surface area (Å²) in [6, 6.07) is 0. The lowest BCUT2D eigenvalue weighted by Crippen LogP contribution is -2.19. The van der Waals surface area contributed by atoms with E-state index in [0.717, 1.165) is 0 Å². The molecule has 0 unspecified atom stereocenters. The standard InChI is InChI=1S/C20H30/c1-7-16(2)10-8-11-17(3)13-14-19-18(4)12-9-15-20(19,5)6/h7-8,10-11,13-14H,9,12,15H2,1-6H3/b10-8+,14-13+,16-7-,17-11-. The molecule has 1 aliphatic rings. The smallest absolute Gasteiger partial charge is 0.0104 e. The molecule has 0 aromatic heterocycles. The summed E-state index contributed by atoms with van der Waals surface area (Å²) in [7, 11) is 0. The molecule has 0 radical (unpaired) electrons. The van der Waals surface area contributed by atoms with Crippen LogP contribution >= 0.6 is 0 Å². The molecular formula is C20H30. The normalized spacial score (nSPS) is 21.3. The van der Waals surface area contributed by atoms with Crippen molar-refractivity contribution < 1.29 is 0 Å². The van der Waals surface area contributed by atoms with E-state index in [1.807, 2.05) is 0 Å². The van der Waals surface area contributed by atoms with Gasteiger partial charge in [0.1, 0.15) is 0 Å². The fraction of sp³-hybridized carbons (Fsp3) is 0.500. The molecule has 0 heterocycles. The maximum atomic E-state index is 2.36. The highest BCUT2D eigenvalue weighted by Gasteiger charge is 2.26. The molecule has 0 aromatic rings. The minimum absolute atomic E-state index is 0.330. The Balaban J connectivity index is 2.81. The van der Waals surface area contributed by atoms with Gasteiger partial charge in [0.25, 0.3) is 0 Å². The van der Waals surface area contributed by atoms with Gasteiger partial charge in [-0.3, -0.25) is 0 Å². The van der Waals surface area contributed by atoms with Gasteiger partial charge in [0, 0.05) is 0 Å². The van der Waals surface area contributed by atoms with E-state index >= 15 is 0 Å². The van der Waals surface area contributed by atoms with Crippen molar-refractivity contribution in [1.82, 2.24) is 0 Å². The van der Waals surface area contributed by atoms with Gasteiger partial charge in [-0.05, 0) is 57.9 Å². The van der Waals surface area contributed by atoms with E-state index in [1.165, 1.54) is 36.0 Å². The first-order valence-electron chi connectivity index (χ1n) is 7.73. The zero-order chi connectivity index (χ0) is 15.2. The van der Waals surface area contributed by atoms with Crippen molar-refractivity contribution in [3.05, 3.63) is 58.7 Å². The Bertz CT molecular complexity index is 476. The van der Waals surface area contributed by atoms with Crippen molar-refractivity contribution in [2.75, 3.05) is 0 Å². The largest absolute Gasteiger partial charge is 0.0847 e. The number of hydrogen-bond donors (Lipinski definition) is 0. The Kier molecular flexibility index (Phi) is 6.26. The Morgan fingerprint density at radius 1 is 1.10 bits per heavy atom. The number of rotatable bonds is 4. The van der Waals surface area contributed by atoms with Crippen LogP contribution in [0.2, 0.25) is 0 Å². The summed E-state index contributed by atoms with van der Waals surface area (Å²) in [5, 5.41) is 0. The second-order valence-corrected chi connectivity index (χ2v) is 6.57. The van der Waals surface area contributed by atoms with E-state index in [9.17, 15) is 0 Å². The van der Waals surface area contributed by atoms with E-state index in [4.69, 9.17) is 0 Å². The van der Waals surface area contributed by atoms with Crippen LogP contribution in [0.1, 0.15) is 60.8 Å².